The topological polar surface area (TPSA) is 59.9 Å². The van der Waals surface area contributed by atoms with Crippen molar-refractivity contribution in [1.29, 1.82) is 0 Å². The van der Waals surface area contributed by atoms with E-state index >= 15 is 0 Å². The van der Waals surface area contributed by atoms with Gasteiger partial charge < -0.3 is 10.1 Å². The van der Waals surface area contributed by atoms with Crippen molar-refractivity contribution in [2.24, 2.45) is 0 Å². The van der Waals surface area contributed by atoms with Gasteiger partial charge in [0.05, 0.1) is 23.8 Å². The summed E-state index contributed by atoms with van der Waals surface area (Å²) in [7, 11) is 3.52. The van der Waals surface area contributed by atoms with Crippen molar-refractivity contribution in [1.82, 2.24) is 20.3 Å². The first-order chi connectivity index (χ1) is 10.3. The molecule has 0 amide bonds. The Balaban J connectivity index is 2.01. The van der Waals surface area contributed by atoms with Gasteiger partial charge in [-0.1, -0.05) is 0 Å². The number of hydrogen-bond donors (Lipinski definition) is 1. The summed E-state index contributed by atoms with van der Waals surface area (Å²) in [6.45, 7) is 0.777. The molecule has 0 atom stereocenters. The number of nitrogens with one attached hydrogen (secondary N) is 1. The Bertz CT molecular complexity index is 756. The van der Waals surface area contributed by atoms with Crippen molar-refractivity contribution < 1.29 is 4.74 Å². The summed E-state index contributed by atoms with van der Waals surface area (Å²) in [6.07, 6.45) is 3.63. The number of nitrogens with zero attached hydrogens (tertiary/aromatic N) is 3. The fraction of sp³-hybridized carbons (Fsp3) is 0.188. The SMILES string of the molecule is CNCc1cnc2ccc(-c3ccc(OC)nc3)nc2c1. The molecule has 3 aromatic heterocycles. The molecule has 0 saturated carbocycles. The highest BCUT2D eigenvalue weighted by Crippen LogP contribution is 2.21. The third kappa shape index (κ3) is 2.83. The van der Waals surface area contributed by atoms with E-state index in [1.165, 1.54) is 0 Å². The highest BCUT2D eigenvalue weighted by atomic mass is 16.5. The number of fused-ring (bicyclic) bond motifs is 1. The zero-order chi connectivity index (χ0) is 14.7. The molecule has 0 aliphatic rings. The van der Waals surface area contributed by atoms with Crippen LogP contribution in [0.25, 0.3) is 22.3 Å². The maximum atomic E-state index is 5.07. The zero-order valence-electron chi connectivity index (χ0n) is 12.0. The molecule has 3 heterocycles. The standard InChI is InChI=1S/C16H16N4O/c1-17-8-11-7-15-14(18-9-11)5-4-13(20-15)12-3-6-16(21-2)19-10-12/h3-7,9-10,17H,8H2,1-2H3. The Kier molecular flexibility index (Phi) is 3.75. The fourth-order valence-electron chi connectivity index (χ4n) is 2.16. The molecule has 1 N–H and O–H groups in total. The van der Waals surface area contributed by atoms with Crippen molar-refractivity contribution in [3.05, 3.63) is 48.3 Å². The lowest BCUT2D eigenvalue weighted by Crippen LogP contribution is -2.05. The number of aromatic nitrogens is 3. The summed E-state index contributed by atoms with van der Waals surface area (Å²) in [6, 6.07) is 9.77. The van der Waals surface area contributed by atoms with Gasteiger partial charge in [0.1, 0.15) is 0 Å². The lowest BCUT2D eigenvalue weighted by atomic mass is 10.1. The van der Waals surface area contributed by atoms with Crippen LogP contribution in [0.5, 0.6) is 5.88 Å². The van der Waals surface area contributed by atoms with Gasteiger partial charge >= 0.3 is 0 Å². The Hall–Kier alpha value is -2.53. The molecule has 0 aromatic carbocycles. The van der Waals surface area contributed by atoms with Gasteiger partial charge in [0, 0.05) is 30.6 Å². The third-order valence-electron chi connectivity index (χ3n) is 3.22. The van der Waals surface area contributed by atoms with Gasteiger partial charge in [-0.2, -0.15) is 0 Å². The van der Waals surface area contributed by atoms with E-state index in [-0.39, 0.29) is 0 Å². The first-order valence-electron chi connectivity index (χ1n) is 6.71. The molecule has 0 fully saturated rings. The maximum absolute atomic E-state index is 5.07. The van der Waals surface area contributed by atoms with Crippen LogP contribution in [-0.4, -0.2) is 29.1 Å². The summed E-state index contributed by atoms with van der Waals surface area (Å²) < 4.78 is 5.07. The van der Waals surface area contributed by atoms with E-state index < -0.39 is 0 Å². The molecule has 0 aliphatic carbocycles. The molecule has 3 rings (SSSR count). The summed E-state index contributed by atoms with van der Waals surface area (Å²) in [5.41, 5.74) is 4.72. The van der Waals surface area contributed by atoms with Crippen LogP contribution >= 0.6 is 0 Å². The van der Waals surface area contributed by atoms with Gasteiger partial charge in [0.25, 0.3) is 0 Å². The normalized spacial score (nSPS) is 10.8. The van der Waals surface area contributed by atoms with Crippen LogP contribution in [0.4, 0.5) is 0 Å². The highest BCUT2D eigenvalue weighted by Gasteiger charge is 2.04. The average molecular weight is 280 g/mol. The van der Waals surface area contributed by atoms with E-state index in [0.717, 1.165) is 34.4 Å². The van der Waals surface area contributed by atoms with Crippen LogP contribution in [-0.2, 0) is 6.54 Å². The van der Waals surface area contributed by atoms with E-state index in [9.17, 15) is 0 Å². The second-order valence-corrected chi connectivity index (χ2v) is 4.70. The lowest BCUT2D eigenvalue weighted by Gasteiger charge is -2.05. The Labute approximate surface area is 123 Å². The average Bonchev–Trinajstić information content (AvgIpc) is 2.54. The van der Waals surface area contributed by atoms with E-state index in [4.69, 9.17) is 4.74 Å². The summed E-state index contributed by atoms with van der Waals surface area (Å²) >= 11 is 0. The first kappa shape index (κ1) is 13.5. The molecular formula is C16H16N4O. The minimum atomic E-state index is 0.595. The van der Waals surface area contributed by atoms with Crippen molar-refractivity contribution in [3.8, 4) is 17.1 Å². The first-order valence-corrected chi connectivity index (χ1v) is 6.71. The molecular weight excluding hydrogens is 264 g/mol. The summed E-state index contributed by atoms with van der Waals surface area (Å²) in [5.74, 6) is 0.595. The number of ether oxygens (including phenoxy) is 1. The summed E-state index contributed by atoms with van der Waals surface area (Å²) in [4.78, 5) is 13.3. The van der Waals surface area contributed by atoms with Gasteiger partial charge in [0.15, 0.2) is 0 Å². The van der Waals surface area contributed by atoms with Gasteiger partial charge in [-0.15, -0.1) is 0 Å². The molecule has 0 saturated heterocycles. The van der Waals surface area contributed by atoms with Gasteiger partial charge in [-0.25, -0.2) is 9.97 Å². The molecule has 0 radical (unpaired) electrons. The van der Waals surface area contributed by atoms with Gasteiger partial charge in [0.2, 0.25) is 5.88 Å². The molecule has 106 valence electrons. The fourth-order valence-corrected chi connectivity index (χ4v) is 2.16. The molecule has 0 unspecified atom stereocenters. The molecule has 0 spiro atoms. The number of rotatable bonds is 4. The lowest BCUT2D eigenvalue weighted by molar-refractivity contribution is 0.398. The van der Waals surface area contributed by atoms with Gasteiger partial charge in [-0.05, 0) is 36.9 Å². The zero-order valence-corrected chi connectivity index (χ0v) is 12.0. The van der Waals surface area contributed by atoms with Crippen LogP contribution in [0.2, 0.25) is 0 Å². The maximum Gasteiger partial charge on any atom is 0.212 e. The molecule has 5 heteroatoms. The molecule has 21 heavy (non-hydrogen) atoms. The van der Waals surface area contributed by atoms with Crippen LogP contribution in [0, 0.1) is 0 Å². The smallest absolute Gasteiger partial charge is 0.212 e. The third-order valence-corrected chi connectivity index (χ3v) is 3.22. The van der Waals surface area contributed by atoms with E-state index in [2.05, 4.69) is 26.3 Å². The van der Waals surface area contributed by atoms with E-state index in [1.807, 2.05) is 37.5 Å². The highest BCUT2D eigenvalue weighted by molar-refractivity contribution is 5.78. The van der Waals surface area contributed by atoms with E-state index in [0.29, 0.717) is 5.88 Å². The van der Waals surface area contributed by atoms with Crippen LogP contribution in [0.15, 0.2) is 42.7 Å². The Morgan fingerprint density at radius 3 is 2.67 bits per heavy atom. The van der Waals surface area contributed by atoms with Crippen LogP contribution in [0.1, 0.15) is 5.56 Å². The van der Waals surface area contributed by atoms with E-state index in [1.54, 1.807) is 13.3 Å². The van der Waals surface area contributed by atoms with Crippen molar-refractivity contribution >= 4 is 11.0 Å². The molecule has 0 aliphatic heterocycles. The summed E-state index contributed by atoms with van der Waals surface area (Å²) in [5, 5.41) is 3.12. The largest absolute Gasteiger partial charge is 0.481 e. The van der Waals surface area contributed by atoms with Crippen molar-refractivity contribution in [2.45, 2.75) is 6.54 Å². The number of pyridine rings is 3. The molecule has 0 bridgehead atoms. The minimum absolute atomic E-state index is 0.595. The van der Waals surface area contributed by atoms with Crippen LogP contribution in [0.3, 0.4) is 0 Å². The quantitative estimate of drug-likeness (QED) is 0.795. The Morgan fingerprint density at radius 1 is 1.05 bits per heavy atom. The number of methoxy groups -OCH3 is 1. The monoisotopic (exact) mass is 280 g/mol. The minimum Gasteiger partial charge on any atom is -0.481 e. The Morgan fingerprint density at radius 2 is 1.95 bits per heavy atom. The second kappa shape index (κ2) is 5.85. The van der Waals surface area contributed by atoms with Gasteiger partial charge in [-0.3, -0.25) is 4.98 Å². The van der Waals surface area contributed by atoms with Crippen molar-refractivity contribution in [3.63, 3.8) is 0 Å². The van der Waals surface area contributed by atoms with Crippen LogP contribution < -0.4 is 10.1 Å². The van der Waals surface area contributed by atoms with Crippen molar-refractivity contribution in [2.75, 3.05) is 14.2 Å². The number of hydrogen-bond acceptors (Lipinski definition) is 5. The molecule has 5 nitrogen and oxygen atoms in total. The predicted octanol–water partition coefficient (Wildman–Crippen LogP) is 2.42. The molecule has 3 aromatic rings. The second-order valence-electron chi connectivity index (χ2n) is 4.70. The predicted molar refractivity (Wildman–Crippen MR) is 82.1 cm³/mol.